The molecule has 0 amide bonds. The normalized spacial score (nSPS) is 9.54. The molecule has 0 spiro atoms. The lowest BCUT2D eigenvalue weighted by Gasteiger charge is -2.17. The molecule has 140 valence electrons. The van der Waals surface area contributed by atoms with Crippen LogP contribution in [-0.2, 0) is 0 Å². The second-order valence-electron chi connectivity index (χ2n) is 5.72. The lowest BCUT2D eigenvalue weighted by Crippen LogP contribution is -2.34. The van der Waals surface area contributed by atoms with E-state index < -0.39 is 0 Å². The molecule has 0 saturated heterocycles. The minimum Gasteiger partial charge on any atom is -0.376 e. The van der Waals surface area contributed by atoms with Gasteiger partial charge in [-0.15, -0.1) is 0 Å². The highest BCUT2D eigenvalue weighted by atomic mass is 32.1. The van der Waals surface area contributed by atoms with Crippen molar-refractivity contribution >= 4 is 46.0 Å². The van der Waals surface area contributed by atoms with Gasteiger partial charge < -0.3 is 21.3 Å². The predicted octanol–water partition coefficient (Wildman–Crippen LogP) is 4.68. The molecule has 0 aliphatic rings. The molecule has 4 nitrogen and oxygen atoms in total. The molecule has 2 aromatic rings. The summed E-state index contributed by atoms with van der Waals surface area (Å²) in [6.07, 6.45) is 0. The van der Waals surface area contributed by atoms with Crippen LogP contribution in [0.4, 0.5) is 11.4 Å². The molecule has 0 aliphatic carbocycles. The predicted molar refractivity (Wildman–Crippen MR) is 122 cm³/mol. The molecule has 0 bridgehead atoms. The van der Waals surface area contributed by atoms with Crippen molar-refractivity contribution in [2.45, 2.75) is 27.7 Å². The number of anilines is 2. The molecular weight excluding hydrogens is 360 g/mol. The fraction of sp³-hybridized carbons (Fsp3) is 0.300. The maximum absolute atomic E-state index is 5.32. The van der Waals surface area contributed by atoms with Gasteiger partial charge in [-0.3, -0.25) is 0 Å². The van der Waals surface area contributed by atoms with Gasteiger partial charge in [0.1, 0.15) is 0 Å². The van der Waals surface area contributed by atoms with Crippen LogP contribution in [0.15, 0.2) is 48.5 Å². The average Bonchev–Trinajstić information content (AvgIpc) is 2.60. The lowest BCUT2D eigenvalue weighted by atomic mass is 10.2. The Hall–Kier alpha value is -2.18. The Morgan fingerprint density at radius 1 is 0.846 bits per heavy atom. The molecule has 0 fully saturated rings. The number of benzene rings is 2. The van der Waals surface area contributed by atoms with Gasteiger partial charge in [-0.1, -0.05) is 36.4 Å². The van der Waals surface area contributed by atoms with E-state index in [1.54, 1.807) is 0 Å². The van der Waals surface area contributed by atoms with Crippen molar-refractivity contribution < 1.29 is 0 Å². The van der Waals surface area contributed by atoms with Gasteiger partial charge in [-0.05, 0) is 75.4 Å². The summed E-state index contributed by atoms with van der Waals surface area (Å²) < 4.78 is 0. The van der Waals surface area contributed by atoms with Gasteiger partial charge in [0, 0.05) is 24.5 Å². The van der Waals surface area contributed by atoms with E-state index in [4.69, 9.17) is 30.2 Å². The number of hydrogen-bond acceptors (Lipinski definition) is 2. The molecule has 0 radical (unpaired) electrons. The van der Waals surface area contributed by atoms with Crippen molar-refractivity contribution in [3.05, 3.63) is 59.7 Å². The number of nitrogens with one attached hydrogen (secondary N) is 2. The summed E-state index contributed by atoms with van der Waals surface area (Å²) in [6.45, 7) is 9.99. The third-order valence-corrected chi connectivity index (χ3v) is 4.32. The Bertz CT molecular complexity index is 678. The molecule has 2 rings (SSSR count). The third-order valence-electron chi connectivity index (χ3n) is 3.86. The van der Waals surface area contributed by atoms with Crippen molar-refractivity contribution in [3.63, 3.8) is 0 Å². The Morgan fingerprint density at radius 2 is 1.23 bits per heavy atom. The Balaban J connectivity index is 0.000000359. The largest absolute Gasteiger partial charge is 0.376 e. The zero-order valence-corrected chi connectivity index (χ0v) is 17.5. The van der Waals surface area contributed by atoms with E-state index in [9.17, 15) is 0 Å². The van der Waals surface area contributed by atoms with Crippen molar-refractivity contribution in [3.8, 4) is 0 Å². The average molecular weight is 389 g/mol. The lowest BCUT2D eigenvalue weighted by molar-refractivity contribution is 0.469. The van der Waals surface area contributed by atoms with Crippen LogP contribution in [0.1, 0.15) is 25.0 Å². The Labute approximate surface area is 167 Å². The van der Waals surface area contributed by atoms with Crippen molar-refractivity contribution in [1.29, 1.82) is 0 Å². The number of hydrogen-bond donors (Lipinski definition) is 3. The van der Waals surface area contributed by atoms with Crippen LogP contribution in [0, 0.1) is 13.8 Å². The van der Waals surface area contributed by atoms with Crippen LogP contribution in [-0.4, -0.2) is 28.2 Å². The molecule has 0 heterocycles. The molecule has 0 aromatic heterocycles. The fourth-order valence-electron chi connectivity index (χ4n) is 2.24. The first-order valence-electron chi connectivity index (χ1n) is 8.62. The van der Waals surface area contributed by atoms with Gasteiger partial charge in [-0.25, -0.2) is 0 Å². The highest BCUT2D eigenvalue weighted by molar-refractivity contribution is 7.80. The highest BCUT2D eigenvalue weighted by Crippen LogP contribution is 2.16. The topological polar surface area (TPSA) is 53.3 Å². The molecule has 0 aliphatic heterocycles. The zero-order valence-electron chi connectivity index (χ0n) is 15.9. The molecular formula is C20H28N4S2. The van der Waals surface area contributed by atoms with Crippen molar-refractivity contribution in [2.75, 3.05) is 23.7 Å². The fourth-order valence-corrected chi connectivity index (χ4v) is 2.72. The SMILES string of the molecule is CCN(CC)C(N)=S.Cc1ccccc1NC(=S)Nc1ccccc1C. The van der Waals surface area contributed by atoms with Gasteiger partial charge in [-0.2, -0.15) is 0 Å². The van der Waals surface area contributed by atoms with Crippen LogP contribution in [0.25, 0.3) is 0 Å². The molecule has 0 saturated carbocycles. The first-order chi connectivity index (χ1) is 12.4. The first kappa shape index (κ1) is 21.9. The molecule has 4 N–H and O–H groups in total. The van der Waals surface area contributed by atoms with Crippen LogP contribution in [0.3, 0.4) is 0 Å². The van der Waals surface area contributed by atoms with E-state index in [0.717, 1.165) is 24.5 Å². The van der Waals surface area contributed by atoms with Gasteiger partial charge in [0.15, 0.2) is 10.2 Å². The van der Waals surface area contributed by atoms with Crippen molar-refractivity contribution in [2.24, 2.45) is 5.73 Å². The van der Waals surface area contributed by atoms with E-state index in [-0.39, 0.29) is 0 Å². The van der Waals surface area contributed by atoms with Gasteiger partial charge in [0.2, 0.25) is 0 Å². The van der Waals surface area contributed by atoms with Crippen LogP contribution in [0.2, 0.25) is 0 Å². The minimum atomic E-state index is 0.495. The van der Waals surface area contributed by atoms with Crippen LogP contribution >= 0.6 is 24.4 Å². The summed E-state index contributed by atoms with van der Waals surface area (Å²) >= 11 is 10.0. The summed E-state index contributed by atoms with van der Waals surface area (Å²) in [4.78, 5) is 1.93. The molecule has 0 atom stereocenters. The van der Waals surface area contributed by atoms with E-state index in [1.165, 1.54) is 11.1 Å². The maximum Gasteiger partial charge on any atom is 0.175 e. The summed E-state index contributed by atoms with van der Waals surface area (Å²) in [5, 5.41) is 7.52. The van der Waals surface area contributed by atoms with Gasteiger partial charge in [0.05, 0.1) is 0 Å². The number of para-hydroxylation sites is 2. The zero-order chi connectivity index (χ0) is 19.5. The first-order valence-corrected chi connectivity index (χ1v) is 9.44. The highest BCUT2D eigenvalue weighted by Gasteiger charge is 2.02. The number of thiocarbonyl (C=S) groups is 2. The third kappa shape index (κ3) is 7.37. The smallest absolute Gasteiger partial charge is 0.175 e. The second-order valence-corrected chi connectivity index (χ2v) is 6.55. The van der Waals surface area contributed by atoms with Crippen LogP contribution < -0.4 is 16.4 Å². The molecule has 2 aromatic carbocycles. The van der Waals surface area contributed by atoms with Gasteiger partial charge in [0.25, 0.3) is 0 Å². The molecule has 0 unspecified atom stereocenters. The number of aryl methyl sites for hydroxylation is 2. The quantitative estimate of drug-likeness (QED) is 0.661. The molecule has 6 heteroatoms. The second kappa shape index (κ2) is 11.4. The standard InChI is InChI=1S/C15H16N2S.C5H12N2S/c1-11-7-3-5-9-13(11)16-15(18)17-14-10-6-4-8-12(14)2;1-3-7(4-2)5(6)8/h3-10H,1-2H3,(H2,16,17,18);3-4H2,1-2H3,(H2,6,8). The van der Waals surface area contributed by atoms with E-state index in [0.29, 0.717) is 10.2 Å². The van der Waals surface area contributed by atoms with E-state index in [1.807, 2.05) is 55.1 Å². The molecule has 26 heavy (non-hydrogen) atoms. The van der Waals surface area contributed by atoms with E-state index >= 15 is 0 Å². The maximum atomic E-state index is 5.32. The van der Waals surface area contributed by atoms with Crippen LogP contribution in [0.5, 0.6) is 0 Å². The summed E-state index contributed by atoms with van der Waals surface area (Å²) in [6, 6.07) is 16.1. The minimum absolute atomic E-state index is 0.495. The summed E-state index contributed by atoms with van der Waals surface area (Å²) in [5.41, 5.74) is 9.72. The number of nitrogens with two attached hydrogens (primary N) is 1. The summed E-state index contributed by atoms with van der Waals surface area (Å²) in [5.74, 6) is 0. The number of nitrogens with zero attached hydrogens (tertiary/aromatic N) is 1. The van der Waals surface area contributed by atoms with E-state index in [2.05, 4.69) is 36.6 Å². The monoisotopic (exact) mass is 388 g/mol. The van der Waals surface area contributed by atoms with Crippen molar-refractivity contribution in [1.82, 2.24) is 4.90 Å². The summed E-state index contributed by atoms with van der Waals surface area (Å²) in [7, 11) is 0. The Kier molecular flexibility index (Phi) is 9.62. The Morgan fingerprint density at radius 3 is 1.50 bits per heavy atom. The number of rotatable bonds is 4. The van der Waals surface area contributed by atoms with Gasteiger partial charge >= 0.3 is 0 Å².